The van der Waals surface area contributed by atoms with Crippen LogP contribution < -0.4 is 5.32 Å². The van der Waals surface area contributed by atoms with Gasteiger partial charge in [0.15, 0.2) is 0 Å². The predicted octanol–water partition coefficient (Wildman–Crippen LogP) is 2.16. The third-order valence-corrected chi connectivity index (χ3v) is 3.40. The van der Waals surface area contributed by atoms with Crippen LogP contribution in [0.5, 0.6) is 0 Å². The molecule has 108 valence electrons. The standard InChI is InChI=1S/C13H16FN3O3/c1-9(18)16-4-2-11(3-5-16)15-12-6-10(14)7-13(8-12)17(19)20/h6-8,11,15H,2-5H2,1H3. The number of nitrogens with zero attached hydrogens (tertiary/aromatic N) is 2. The van der Waals surface area contributed by atoms with Crippen LogP contribution in [-0.2, 0) is 4.79 Å². The van der Waals surface area contributed by atoms with Gasteiger partial charge in [-0.05, 0) is 18.9 Å². The zero-order valence-corrected chi connectivity index (χ0v) is 11.1. The number of carbonyl (C=O) groups excluding carboxylic acids is 1. The zero-order valence-electron chi connectivity index (χ0n) is 11.1. The van der Waals surface area contributed by atoms with E-state index in [4.69, 9.17) is 0 Å². The molecule has 0 atom stereocenters. The van der Waals surface area contributed by atoms with Gasteiger partial charge in [0.2, 0.25) is 5.91 Å². The van der Waals surface area contributed by atoms with Crippen molar-refractivity contribution in [2.75, 3.05) is 18.4 Å². The lowest BCUT2D eigenvalue weighted by Gasteiger charge is -2.32. The molecule has 1 amide bonds. The van der Waals surface area contributed by atoms with Crippen LogP contribution in [0.1, 0.15) is 19.8 Å². The van der Waals surface area contributed by atoms with Crippen molar-refractivity contribution in [3.8, 4) is 0 Å². The summed E-state index contributed by atoms with van der Waals surface area (Å²) in [7, 11) is 0. The Balaban J connectivity index is 2.01. The summed E-state index contributed by atoms with van der Waals surface area (Å²) in [4.78, 5) is 23.0. The maximum absolute atomic E-state index is 13.3. The Labute approximate surface area is 115 Å². The van der Waals surface area contributed by atoms with Gasteiger partial charge in [0.1, 0.15) is 5.82 Å². The van der Waals surface area contributed by atoms with Crippen molar-refractivity contribution in [3.63, 3.8) is 0 Å². The minimum absolute atomic E-state index is 0.0462. The molecule has 0 aromatic heterocycles. The molecule has 1 aliphatic heterocycles. The second-order valence-electron chi connectivity index (χ2n) is 4.88. The highest BCUT2D eigenvalue weighted by molar-refractivity contribution is 5.73. The van der Waals surface area contributed by atoms with E-state index in [1.807, 2.05) is 0 Å². The number of piperidine rings is 1. The highest BCUT2D eigenvalue weighted by Gasteiger charge is 2.21. The molecular formula is C13H16FN3O3. The highest BCUT2D eigenvalue weighted by atomic mass is 19.1. The molecule has 0 bridgehead atoms. The Morgan fingerprint density at radius 1 is 1.40 bits per heavy atom. The smallest absolute Gasteiger partial charge is 0.274 e. The molecule has 2 rings (SSSR count). The monoisotopic (exact) mass is 281 g/mol. The summed E-state index contributed by atoms with van der Waals surface area (Å²) in [5.41, 5.74) is 0.131. The van der Waals surface area contributed by atoms with Crippen molar-refractivity contribution >= 4 is 17.3 Å². The number of nitro benzene ring substituents is 1. The first-order chi connectivity index (χ1) is 9.45. The van der Waals surface area contributed by atoms with Crippen molar-refractivity contribution in [1.29, 1.82) is 0 Å². The number of benzene rings is 1. The molecule has 0 unspecified atom stereocenters. The number of halogens is 1. The van der Waals surface area contributed by atoms with E-state index in [0.717, 1.165) is 18.9 Å². The number of rotatable bonds is 3. The second kappa shape index (κ2) is 5.85. The van der Waals surface area contributed by atoms with Crippen LogP contribution in [0.25, 0.3) is 0 Å². The van der Waals surface area contributed by atoms with Crippen molar-refractivity contribution in [2.45, 2.75) is 25.8 Å². The van der Waals surface area contributed by atoms with Crippen molar-refractivity contribution in [2.24, 2.45) is 0 Å². The summed E-state index contributed by atoms with van der Waals surface area (Å²) in [5.74, 6) is -0.590. The summed E-state index contributed by atoms with van der Waals surface area (Å²) < 4.78 is 13.3. The van der Waals surface area contributed by atoms with Crippen LogP contribution in [0.4, 0.5) is 15.8 Å². The molecule has 1 heterocycles. The van der Waals surface area contributed by atoms with Crippen molar-refractivity contribution in [1.82, 2.24) is 4.90 Å². The van der Waals surface area contributed by atoms with Gasteiger partial charge in [-0.3, -0.25) is 14.9 Å². The van der Waals surface area contributed by atoms with E-state index >= 15 is 0 Å². The fourth-order valence-electron chi connectivity index (χ4n) is 2.34. The molecule has 1 saturated heterocycles. The number of carbonyl (C=O) groups is 1. The lowest BCUT2D eigenvalue weighted by atomic mass is 10.0. The maximum Gasteiger partial charge on any atom is 0.274 e. The summed E-state index contributed by atoms with van der Waals surface area (Å²) in [6.07, 6.45) is 1.48. The lowest BCUT2D eigenvalue weighted by Crippen LogP contribution is -2.41. The Hall–Kier alpha value is -2.18. The van der Waals surface area contributed by atoms with Gasteiger partial charge in [-0.2, -0.15) is 0 Å². The molecule has 0 radical (unpaired) electrons. The van der Waals surface area contributed by atoms with Gasteiger partial charge in [0.25, 0.3) is 5.69 Å². The molecule has 20 heavy (non-hydrogen) atoms. The molecule has 0 aliphatic carbocycles. The molecule has 1 fully saturated rings. The number of non-ortho nitro benzene ring substituents is 1. The van der Waals surface area contributed by atoms with E-state index in [9.17, 15) is 19.3 Å². The van der Waals surface area contributed by atoms with Crippen LogP contribution in [0.2, 0.25) is 0 Å². The molecule has 1 aromatic rings. The van der Waals surface area contributed by atoms with Gasteiger partial charge in [-0.1, -0.05) is 0 Å². The van der Waals surface area contributed by atoms with Crippen LogP contribution in [0.15, 0.2) is 18.2 Å². The average molecular weight is 281 g/mol. The number of hydrogen-bond donors (Lipinski definition) is 1. The first kappa shape index (κ1) is 14.2. The van der Waals surface area contributed by atoms with E-state index in [2.05, 4.69) is 5.32 Å². The number of hydrogen-bond acceptors (Lipinski definition) is 4. The fraction of sp³-hybridized carbons (Fsp3) is 0.462. The predicted molar refractivity (Wildman–Crippen MR) is 72.0 cm³/mol. The summed E-state index contributed by atoms with van der Waals surface area (Å²) in [5, 5.41) is 13.8. The highest BCUT2D eigenvalue weighted by Crippen LogP contribution is 2.23. The molecule has 1 aliphatic rings. The maximum atomic E-state index is 13.3. The zero-order chi connectivity index (χ0) is 14.7. The van der Waals surface area contributed by atoms with Crippen LogP contribution in [0, 0.1) is 15.9 Å². The lowest BCUT2D eigenvalue weighted by molar-refractivity contribution is -0.385. The Morgan fingerprint density at radius 2 is 2.05 bits per heavy atom. The molecule has 0 spiro atoms. The minimum Gasteiger partial charge on any atom is -0.382 e. The van der Waals surface area contributed by atoms with Crippen molar-refractivity contribution in [3.05, 3.63) is 34.1 Å². The number of anilines is 1. The molecule has 1 aromatic carbocycles. The third-order valence-electron chi connectivity index (χ3n) is 3.40. The fourth-order valence-corrected chi connectivity index (χ4v) is 2.34. The van der Waals surface area contributed by atoms with Gasteiger partial charge >= 0.3 is 0 Å². The SMILES string of the molecule is CC(=O)N1CCC(Nc2cc(F)cc([N+](=O)[O-])c2)CC1. The number of amides is 1. The van der Waals surface area contributed by atoms with E-state index in [1.165, 1.54) is 19.1 Å². The number of nitro groups is 1. The summed E-state index contributed by atoms with van der Waals surface area (Å²) in [6, 6.07) is 3.54. The van der Waals surface area contributed by atoms with Gasteiger partial charge in [-0.15, -0.1) is 0 Å². The van der Waals surface area contributed by atoms with Crippen LogP contribution >= 0.6 is 0 Å². The normalized spacial score (nSPS) is 16.0. The quantitative estimate of drug-likeness (QED) is 0.680. The average Bonchev–Trinajstić information content (AvgIpc) is 2.38. The van der Waals surface area contributed by atoms with E-state index < -0.39 is 10.7 Å². The molecule has 0 saturated carbocycles. The van der Waals surface area contributed by atoms with E-state index in [-0.39, 0.29) is 17.6 Å². The molecule has 7 heteroatoms. The number of nitrogens with one attached hydrogen (secondary N) is 1. The van der Waals surface area contributed by atoms with Gasteiger partial charge < -0.3 is 10.2 Å². The van der Waals surface area contributed by atoms with E-state index in [0.29, 0.717) is 18.8 Å². The van der Waals surface area contributed by atoms with Gasteiger partial charge in [0.05, 0.1) is 11.0 Å². The first-order valence-electron chi connectivity index (χ1n) is 6.43. The topological polar surface area (TPSA) is 75.5 Å². The minimum atomic E-state index is -0.636. The summed E-state index contributed by atoms with van der Waals surface area (Å²) in [6.45, 7) is 2.82. The van der Waals surface area contributed by atoms with Crippen molar-refractivity contribution < 1.29 is 14.1 Å². The second-order valence-corrected chi connectivity index (χ2v) is 4.88. The number of likely N-dealkylation sites (tertiary alicyclic amines) is 1. The summed E-state index contributed by atoms with van der Waals surface area (Å²) >= 11 is 0. The first-order valence-corrected chi connectivity index (χ1v) is 6.43. The molecule has 6 nitrogen and oxygen atoms in total. The van der Waals surface area contributed by atoms with Crippen LogP contribution in [0.3, 0.4) is 0 Å². The molecule has 1 N–H and O–H groups in total. The van der Waals surface area contributed by atoms with E-state index in [1.54, 1.807) is 4.90 Å². The third kappa shape index (κ3) is 3.43. The Kier molecular flexibility index (Phi) is 4.16. The molecular weight excluding hydrogens is 265 g/mol. The Bertz CT molecular complexity index is 528. The van der Waals surface area contributed by atoms with Gasteiger partial charge in [-0.25, -0.2) is 4.39 Å². The largest absolute Gasteiger partial charge is 0.382 e. The van der Waals surface area contributed by atoms with Crippen LogP contribution in [-0.4, -0.2) is 34.9 Å². The Morgan fingerprint density at radius 3 is 2.60 bits per heavy atom. The van der Waals surface area contributed by atoms with Gasteiger partial charge in [0, 0.05) is 37.8 Å².